The molecule has 5 aliphatic carbocycles. The van der Waals surface area contributed by atoms with Crippen LogP contribution in [0.3, 0.4) is 0 Å². The molecule has 0 radical (unpaired) electrons. The number of hydrogen-bond donors (Lipinski definition) is 0. The van der Waals surface area contributed by atoms with Crippen molar-refractivity contribution in [3.8, 4) is 5.75 Å². The predicted molar refractivity (Wildman–Crippen MR) is 109 cm³/mol. The lowest BCUT2D eigenvalue weighted by Gasteiger charge is -2.56. The van der Waals surface area contributed by atoms with Crippen molar-refractivity contribution in [1.82, 2.24) is 0 Å². The fourth-order valence-electron chi connectivity index (χ4n) is 6.64. The third-order valence-corrected chi connectivity index (χ3v) is 8.30. The van der Waals surface area contributed by atoms with E-state index in [1.54, 1.807) is 6.07 Å². The Bertz CT molecular complexity index is 913. The first-order valence-electron chi connectivity index (χ1n) is 10.9. The van der Waals surface area contributed by atoms with Crippen molar-refractivity contribution < 1.29 is 22.3 Å². The van der Waals surface area contributed by atoms with Crippen molar-refractivity contribution in [3.05, 3.63) is 29.1 Å². The maximum Gasteiger partial charge on any atom is 0.180 e. The second-order valence-electron chi connectivity index (χ2n) is 10.3. The summed E-state index contributed by atoms with van der Waals surface area (Å²) >= 11 is 0. The Morgan fingerprint density at radius 3 is 2.21 bits per heavy atom. The first kappa shape index (κ1) is 19.5. The summed E-state index contributed by atoms with van der Waals surface area (Å²) in [6.07, 6.45) is 10.8. The van der Waals surface area contributed by atoms with E-state index in [1.807, 2.05) is 0 Å². The molecule has 0 heterocycles. The Kier molecular flexibility index (Phi) is 4.57. The van der Waals surface area contributed by atoms with E-state index in [1.165, 1.54) is 44.6 Å². The quantitative estimate of drug-likeness (QED) is 0.608. The molecule has 5 fully saturated rings. The number of hydrogen-bond acceptors (Lipinski definition) is 4. The number of benzene rings is 1. The van der Waals surface area contributed by atoms with Gasteiger partial charge in [0.15, 0.2) is 15.6 Å². The number of ether oxygens (including phenoxy) is 1. The van der Waals surface area contributed by atoms with E-state index in [9.17, 15) is 17.6 Å². The largest absolute Gasteiger partial charge is 0.493 e. The average molecular weight is 421 g/mol. The van der Waals surface area contributed by atoms with Gasteiger partial charge in [-0.3, -0.25) is 4.79 Å². The number of Topliss-reactive ketones (excluding diaryl/α,β-unsaturated/α-hetero) is 1. The minimum absolute atomic E-state index is 0.125. The van der Waals surface area contributed by atoms with Crippen molar-refractivity contribution in [2.45, 2.75) is 57.3 Å². The van der Waals surface area contributed by atoms with Crippen molar-refractivity contribution in [1.29, 1.82) is 0 Å². The Morgan fingerprint density at radius 2 is 1.69 bits per heavy atom. The van der Waals surface area contributed by atoms with E-state index in [4.69, 9.17) is 4.74 Å². The van der Waals surface area contributed by atoms with Gasteiger partial charge in [0.25, 0.3) is 0 Å². The molecular formula is C23H29FO4S. The van der Waals surface area contributed by atoms with E-state index >= 15 is 0 Å². The molecule has 0 aliphatic heterocycles. The first-order chi connectivity index (χ1) is 13.7. The monoisotopic (exact) mass is 420 g/mol. The Labute approximate surface area is 172 Å². The van der Waals surface area contributed by atoms with Crippen LogP contribution in [0.15, 0.2) is 12.1 Å². The summed E-state index contributed by atoms with van der Waals surface area (Å²) in [6, 6.07) is 2.87. The number of ketones is 1. The van der Waals surface area contributed by atoms with Crippen LogP contribution in [0.5, 0.6) is 5.75 Å². The average Bonchev–Trinajstić information content (AvgIpc) is 3.42. The third-order valence-electron chi connectivity index (χ3n) is 7.51. The Balaban J connectivity index is 1.38. The van der Waals surface area contributed by atoms with Gasteiger partial charge < -0.3 is 4.74 Å². The number of carbonyl (C=O) groups excluding carboxylic acids is 1. The van der Waals surface area contributed by atoms with Gasteiger partial charge >= 0.3 is 0 Å². The van der Waals surface area contributed by atoms with Gasteiger partial charge in [0, 0.05) is 17.7 Å². The molecule has 0 atom stereocenters. The molecule has 0 saturated heterocycles. The standard InChI is InChI=1S/C23H29FO4S/c1-29(26,27)12-21(25)19-7-18(17-2-3-17)22(8-20(19)24)28-13-23-9-14-4-15(10-23)6-16(5-14)11-23/h7-8,14-17H,2-6,9-13H2,1H3. The molecule has 5 aliphatic rings. The summed E-state index contributed by atoms with van der Waals surface area (Å²) in [5, 5.41) is 0. The Morgan fingerprint density at radius 1 is 1.10 bits per heavy atom. The Hall–Kier alpha value is -1.43. The highest BCUT2D eigenvalue weighted by Crippen LogP contribution is 2.60. The molecule has 6 rings (SSSR count). The van der Waals surface area contributed by atoms with Crippen LogP contribution in [-0.2, 0) is 9.84 Å². The second-order valence-corrected chi connectivity index (χ2v) is 12.5. The lowest BCUT2D eigenvalue weighted by atomic mass is 9.50. The topological polar surface area (TPSA) is 60.4 Å². The zero-order valence-corrected chi connectivity index (χ0v) is 17.8. The van der Waals surface area contributed by atoms with Gasteiger partial charge in [-0.25, -0.2) is 12.8 Å². The van der Waals surface area contributed by atoms with Crippen LogP contribution in [0, 0.1) is 29.0 Å². The van der Waals surface area contributed by atoms with Crippen LogP contribution in [0.2, 0.25) is 0 Å². The zero-order valence-electron chi connectivity index (χ0n) is 17.0. The highest BCUT2D eigenvalue weighted by atomic mass is 32.2. The van der Waals surface area contributed by atoms with Crippen molar-refractivity contribution in [2.75, 3.05) is 18.6 Å². The maximum atomic E-state index is 14.7. The van der Waals surface area contributed by atoms with Crippen LogP contribution in [0.4, 0.5) is 4.39 Å². The summed E-state index contributed by atoms with van der Waals surface area (Å²) in [5.74, 6) is 1.31. The van der Waals surface area contributed by atoms with Gasteiger partial charge in [-0.2, -0.15) is 0 Å². The number of halogens is 1. The minimum atomic E-state index is -3.50. The summed E-state index contributed by atoms with van der Waals surface area (Å²) in [5.41, 5.74) is 0.976. The van der Waals surface area contributed by atoms with Crippen molar-refractivity contribution in [3.63, 3.8) is 0 Å². The van der Waals surface area contributed by atoms with E-state index < -0.39 is 27.2 Å². The SMILES string of the molecule is CS(=O)(=O)CC(=O)c1cc(C2CC2)c(OCC23CC4CC(CC(C4)C2)C3)cc1F. The van der Waals surface area contributed by atoms with Gasteiger partial charge in [0.2, 0.25) is 0 Å². The van der Waals surface area contributed by atoms with E-state index in [0.29, 0.717) is 12.4 Å². The van der Waals surface area contributed by atoms with Crippen LogP contribution in [0.1, 0.15) is 73.2 Å². The van der Waals surface area contributed by atoms with E-state index in [-0.39, 0.29) is 16.9 Å². The molecular weight excluding hydrogens is 391 g/mol. The van der Waals surface area contributed by atoms with E-state index in [2.05, 4.69) is 0 Å². The molecule has 1 aromatic rings. The predicted octanol–water partition coefficient (Wildman–Crippen LogP) is 4.53. The highest BCUT2D eigenvalue weighted by Gasteiger charge is 2.51. The number of carbonyl (C=O) groups is 1. The fourth-order valence-corrected chi connectivity index (χ4v) is 7.27. The van der Waals surface area contributed by atoms with Crippen molar-refractivity contribution in [2.24, 2.45) is 23.2 Å². The molecule has 0 N–H and O–H groups in total. The van der Waals surface area contributed by atoms with Gasteiger partial charge in [0.1, 0.15) is 17.3 Å². The minimum Gasteiger partial charge on any atom is -0.493 e. The van der Waals surface area contributed by atoms with Gasteiger partial charge in [-0.1, -0.05) is 0 Å². The molecule has 158 valence electrons. The molecule has 0 spiro atoms. The number of rotatable bonds is 7. The van der Waals surface area contributed by atoms with Gasteiger partial charge in [-0.15, -0.1) is 0 Å². The zero-order chi connectivity index (χ0) is 20.4. The summed E-state index contributed by atoms with van der Waals surface area (Å²) in [6.45, 7) is 0.631. The first-order valence-corrected chi connectivity index (χ1v) is 12.9. The molecule has 29 heavy (non-hydrogen) atoms. The van der Waals surface area contributed by atoms with Crippen LogP contribution >= 0.6 is 0 Å². The van der Waals surface area contributed by atoms with Crippen LogP contribution < -0.4 is 4.74 Å². The molecule has 0 amide bonds. The summed E-state index contributed by atoms with van der Waals surface area (Å²) in [4.78, 5) is 12.3. The lowest BCUT2D eigenvalue weighted by molar-refractivity contribution is -0.0747. The molecule has 5 saturated carbocycles. The molecule has 0 aromatic heterocycles. The van der Waals surface area contributed by atoms with Crippen LogP contribution in [-0.4, -0.2) is 32.8 Å². The smallest absolute Gasteiger partial charge is 0.180 e. The summed E-state index contributed by atoms with van der Waals surface area (Å²) < 4.78 is 43.9. The third kappa shape index (κ3) is 3.97. The maximum absolute atomic E-state index is 14.7. The molecule has 1 aromatic carbocycles. The van der Waals surface area contributed by atoms with Crippen LogP contribution in [0.25, 0.3) is 0 Å². The normalized spacial score (nSPS) is 33.1. The van der Waals surface area contributed by atoms with Gasteiger partial charge in [0.05, 0.1) is 12.2 Å². The highest BCUT2D eigenvalue weighted by molar-refractivity contribution is 7.91. The summed E-state index contributed by atoms with van der Waals surface area (Å²) in [7, 11) is -3.50. The molecule has 6 heteroatoms. The fraction of sp³-hybridized carbons (Fsp3) is 0.696. The lowest BCUT2D eigenvalue weighted by Crippen LogP contribution is -2.48. The molecule has 0 unspecified atom stereocenters. The second kappa shape index (κ2) is 6.79. The molecule has 4 nitrogen and oxygen atoms in total. The van der Waals surface area contributed by atoms with E-state index in [0.717, 1.165) is 42.4 Å². The number of sulfone groups is 1. The van der Waals surface area contributed by atoms with Crippen molar-refractivity contribution >= 4 is 15.6 Å². The van der Waals surface area contributed by atoms with Gasteiger partial charge in [-0.05, 0) is 86.7 Å². The molecule has 4 bridgehead atoms.